The monoisotopic (exact) mass is 250 g/mol. The van der Waals surface area contributed by atoms with E-state index >= 15 is 0 Å². The van der Waals surface area contributed by atoms with Gasteiger partial charge >= 0.3 is 0 Å². The van der Waals surface area contributed by atoms with Crippen LogP contribution in [0.4, 0.5) is 0 Å². The fourth-order valence-electron chi connectivity index (χ4n) is 2.12. The lowest BCUT2D eigenvalue weighted by Gasteiger charge is -2.12. The molecule has 90 valence electrons. The van der Waals surface area contributed by atoms with Crippen molar-refractivity contribution in [2.75, 3.05) is 20.0 Å². The zero-order chi connectivity index (χ0) is 11.8. The van der Waals surface area contributed by atoms with E-state index in [4.69, 9.17) is 9.47 Å². The highest BCUT2D eigenvalue weighted by atomic mass is 32.2. The van der Waals surface area contributed by atoms with Crippen LogP contribution in [0.2, 0.25) is 0 Å². The van der Waals surface area contributed by atoms with E-state index in [0.717, 1.165) is 34.7 Å². The highest BCUT2D eigenvalue weighted by Crippen LogP contribution is 2.38. The van der Waals surface area contributed by atoms with Gasteiger partial charge in [-0.15, -0.1) is 11.8 Å². The highest BCUT2D eigenvalue weighted by Gasteiger charge is 2.18. The summed E-state index contributed by atoms with van der Waals surface area (Å²) in [7, 11) is 3.31. The molecule has 4 nitrogen and oxygen atoms in total. The quantitative estimate of drug-likeness (QED) is 0.820. The first kappa shape index (κ1) is 10.8. The molecule has 0 saturated heterocycles. The summed E-state index contributed by atoms with van der Waals surface area (Å²) in [5, 5.41) is 7.00. The Balaban J connectivity index is 2.24. The number of ether oxygens (including phenoxy) is 2. The summed E-state index contributed by atoms with van der Waals surface area (Å²) in [5.41, 5.74) is 0.979. The van der Waals surface area contributed by atoms with Crippen molar-refractivity contribution >= 4 is 22.7 Å². The summed E-state index contributed by atoms with van der Waals surface area (Å²) in [6.07, 6.45) is 1.18. The van der Waals surface area contributed by atoms with Gasteiger partial charge in [-0.2, -0.15) is 5.10 Å². The second-order valence-electron chi connectivity index (χ2n) is 3.95. The van der Waals surface area contributed by atoms with Crippen LogP contribution in [-0.4, -0.2) is 29.8 Å². The third-order valence-corrected chi connectivity index (χ3v) is 4.15. The van der Waals surface area contributed by atoms with Crippen LogP contribution >= 0.6 is 11.8 Å². The van der Waals surface area contributed by atoms with E-state index in [9.17, 15) is 0 Å². The largest absolute Gasteiger partial charge is 0.493 e. The molecule has 0 amide bonds. The van der Waals surface area contributed by atoms with Gasteiger partial charge in [-0.3, -0.25) is 4.68 Å². The zero-order valence-corrected chi connectivity index (χ0v) is 10.7. The number of methoxy groups -OCH3 is 2. The fourth-order valence-corrected chi connectivity index (χ4v) is 3.19. The second-order valence-corrected chi connectivity index (χ2v) is 5.04. The summed E-state index contributed by atoms with van der Waals surface area (Å²) in [4.78, 5) is 0. The maximum Gasteiger partial charge on any atom is 0.162 e. The Morgan fingerprint density at radius 1 is 1.24 bits per heavy atom. The van der Waals surface area contributed by atoms with Crippen molar-refractivity contribution in [3.63, 3.8) is 0 Å². The van der Waals surface area contributed by atoms with Gasteiger partial charge in [0.05, 0.1) is 19.7 Å². The van der Waals surface area contributed by atoms with E-state index in [2.05, 4.69) is 9.78 Å². The van der Waals surface area contributed by atoms with Crippen LogP contribution in [0.3, 0.4) is 0 Å². The molecule has 1 aromatic carbocycles. The van der Waals surface area contributed by atoms with E-state index in [1.165, 1.54) is 11.4 Å². The lowest BCUT2D eigenvalue weighted by molar-refractivity contribution is 0.356. The number of aryl methyl sites for hydroxylation is 1. The van der Waals surface area contributed by atoms with Gasteiger partial charge in [-0.05, 0) is 12.5 Å². The Kier molecular flexibility index (Phi) is 2.63. The first-order valence-corrected chi connectivity index (χ1v) is 6.57. The van der Waals surface area contributed by atoms with Crippen LogP contribution < -0.4 is 9.47 Å². The van der Waals surface area contributed by atoms with Crippen LogP contribution in [-0.2, 0) is 6.54 Å². The number of fused-ring (bicyclic) bond motifs is 3. The van der Waals surface area contributed by atoms with Crippen molar-refractivity contribution in [1.82, 2.24) is 9.78 Å². The predicted octanol–water partition coefficient (Wildman–Crippen LogP) is 2.55. The van der Waals surface area contributed by atoms with Crippen molar-refractivity contribution in [2.45, 2.75) is 18.0 Å². The first-order valence-electron chi connectivity index (χ1n) is 5.59. The van der Waals surface area contributed by atoms with E-state index in [0.29, 0.717) is 0 Å². The number of hydrogen-bond donors (Lipinski definition) is 0. The molecule has 0 spiro atoms. The molecular formula is C12H14N2O2S. The molecule has 2 aromatic rings. The summed E-state index contributed by atoms with van der Waals surface area (Å²) in [5.74, 6) is 2.66. The van der Waals surface area contributed by atoms with Gasteiger partial charge in [0.25, 0.3) is 0 Å². The van der Waals surface area contributed by atoms with E-state index in [1.54, 1.807) is 14.2 Å². The first-order chi connectivity index (χ1) is 8.33. The number of nitrogens with zero attached hydrogens (tertiary/aromatic N) is 2. The van der Waals surface area contributed by atoms with Gasteiger partial charge in [0, 0.05) is 23.8 Å². The molecule has 3 rings (SSSR count). The molecule has 1 aliphatic rings. The third-order valence-electron chi connectivity index (χ3n) is 2.95. The minimum absolute atomic E-state index is 0.737. The molecule has 0 saturated carbocycles. The molecule has 1 aromatic heterocycles. The van der Waals surface area contributed by atoms with Gasteiger partial charge in [0.15, 0.2) is 11.5 Å². The zero-order valence-electron chi connectivity index (χ0n) is 9.90. The SMILES string of the molecule is COc1cc2nn3c(c2cc1OC)SCCC3. The Hall–Kier alpha value is -1.36. The summed E-state index contributed by atoms with van der Waals surface area (Å²) in [6.45, 7) is 1.00. The average Bonchev–Trinajstić information content (AvgIpc) is 2.74. The van der Waals surface area contributed by atoms with Gasteiger partial charge < -0.3 is 9.47 Å². The van der Waals surface area contributed by atoms with Gasteiger partial charge in [-0.1, -0.05) is 0 Å². The molecule has 1 aliphatic heterocycles. The lowest BCUT2D eigenvalue weighted by Crippen LogP contribution is -2.07. The van der Waals surface area contributed by atoms with E-state index in [1.807, 2.05) is 23.9 Å². The Labute approximate surface area is 104 Å². The normalized spacial score (nSPS) is 14.7. The van der Waals surface area contributed by atoms with E-state index in [-0.39, 0.29) is 0 Å². The minimum Gasteiger partial charge on any atom is -0.493 e. The van der Waals surface area contributed by atoms with Crippen molar-refractivity contribution in [2.24, 2.45) is 0 Å². The van der Waals surface area contributed by atoms with Crippen molar-refractivity contribution in [3.05, 3.63) is 12.1 Å². The third kappa shape index (κ3) is 1.65. The number of aromatic nitrogens is 2. The maximum absolute atomic E-state index is 5.33. The Morgan fingerprint density at radius 2 is 2.00 bits per heavy atom. The van der Waals surface area contributed by atoms with Gasteiger partial charge in [0.2, 0.25) is 0 Å². The van der Waals surface area contributed by atoms with Crippen LogP contribution in [0.1, 0.15) is 6.42 Å². The average molecular weight is 250 g/mol. The lowest BCUT2D eigenvalue weighted by atomic mass is 10.2. The van der Waals surface area contributed by atoms with Crippen molar-refractivity contribution in [3.8, 4) is 11.5 Å². The number of hydrogen-bond acceptors (Lipinski definition) is 4. The summed E-state index contributed by atoms with van der Waals surface area (Å²) < 4.78 is 12.7. The number of benzene rings is 1. The molecule has 0 N–H and O–H groups in total. The van der Waals surface area contributed by atoms with Crippen LogP contribution in [0.5, 0.6) is 11.5 Å². The highest BCUT2D eigenvalue weighted by molar-refractivity contribution is 7.99. The van der Waals surface area contributed by atoms with Crippen molar-refractivity contribution < 1.29 is 9.47 Å². The molecule has 0 unspecified atom stereocenters. The van der Waals surface area contributed by atoms with Gasteiger partial charge in [-0.25, -0.2) is 0 Å². The molecule has 17 heavy (non-hydrogen) atoms. The predicted molar refractivity (Wildman–Crippen MR) is 68.2 cm³/mol. The Bertz CT molecular complexity index is 565. The van der Waals surface area contributed by atoms with Crippen LogP contribution in [0.15, 0.2) is 17.2 Å². The minimum atomic E-state index is 0.737. The summed E-state index contributed by atoms with van der Waals surface area (Å²) >= 11 is 1.86. The van der Waals surface area contributed by atoms with Crippen LogP contribution in [0.25, 0.3) is 10.9 Å². The molecular weight excluding hydrogens is 236 g/mol. The number of thioether (sulfide) groups is 1. The fraction of sp³-hybridized carbons (Fsp3) is 0.417. The van der Waals surface area contributed by atoms with E-state index < -0.39 is 0 Å². The van der Waals surface area contributed by atoms with Crippen LogP contribution in [0, 0.1) is 0 Å². The standard InChI is InChI=1S/C12H14N2O2S/c1-15-10-6-8-9(7-11(10)16-2)13-14-4-3-5-17-12(8)14/h6-7H,3-5H2,1-2H3. The molecule has 0 radical (unpaired) electrons. The number of rotatable bonds is 2. The topological polar surface area (TPSA) is 36.3 Å². The smallest absolute Gasteiger partial charge is 0.162 e. The Morgan fingerprint density at radius 3 is 2.76 bits per heavy atom. The molecule has 2 heterocycles. The maximum atomic E-state index is 5.33. The van der Waals surface area contributed by atoms with Gasteiger partial charge in [0.1, 0.15) is 5.03 Å². The molecule has 5 heteroatoms. The van der Waals surface area contributed by atoms with Crippen molar-refractivity contribution in [1.29, 1.82) is 0 Å². The molecule has 0 atom stereocenters. The second kappa shape index (κ2) is 4.14. The molecule has 0 aliphatic carbocycles. The summed E-state index contributed by atoms with van der Waals surface area (Å²) in [6, 6.07) is 3.96. The molecule has 0 fully saturated rings. The molecule has 0 bridgehead atoms.